The molecule has 0 radical (unpaired) electrons. The van der Waals surface area contributed by atoms with Gasteiger partial charge in [0.2, 0.25) is 5.91 Å². The fourth-order valence-electron chi connectivity index (χ4n) is 2.61. The number of hydrogen-bond acceptors (Lipinski definition) is 6. The van der Waals surface area contributed by atoms with Gasteiger partial charge < -0.3 is 10.1 Å². The number of fused-ring (bicyclic) bond motifs is 1. The Balaban J connectivity index is 2.06. The Morgan fingerprint density at radius 3 is 2.77 bits per heavy atom. The van der Waals surface area contributed by atoms with Gasteiger partial charge in [0.15, 0.2) is 0 Å². The molecule has 1 heterocycles. The topological polar surface area (TPSA) is 90.3 Å². The fourth-order valence-corrected chi connectivity index (χ4v) is 3.08. The number of rotatable bonds is 8. The van der Waals surface area contributed by atoms with Crippen LogP contribution in [0.3, 0.4) is 0 Å². The van der Waals surface area contributed by atoms with Crippen molar-refractivity contribution in [2.24, 2.45) is 7.05 Å². The first kappa shape index (κ1) is 20.0. The average molecular weight is 377 g/mol. The lowest BCUT2D eigenvalue weighted by atomic mass is 10.2. The van der Waals surface area contributed by atoms with E-state index < -0.39 is 12.0 Å². The molecule has 26 heavy (non-hydrogen) atoms. The number of carbonyl (C=O) groups is 2. The van der Waals surface area contributed by atoms with E-state index in [9.17, 15) is 14.4 Å². The van der Waals surface area contributed by atoms with Crippen LogP contribution in [0.25, 0.3) is 10.9 Å². The number of nitrogens with one attached hydrogen (secondary N) is 1. The van der Waals surface area contributed by atoms with Crippen molar-refractivity contribution in [1.82, 2.24) is 14.9 Å². The van der Waals surface area contributed by atoms with Gasteiger partial charge in [-0.2, -0.15) is 11.8 Å². The van der Waals surface area contributed by atoms with E-state index in [0.29, 0.717) is 29.6 Å². The van der Waals surface area contributed by atoms with Gasteiger partial charge in [0.05, 0.1) is 18.0 Å². The molecule has 0 spiro atoms. The molecule has 0 bridgehead atoms. The number of nitrogens with zero attached hydrogens (tertiary/aromatic N) is 2. The second-order valence-corrected chi connectivity index (χ2v) is 6.82. The van der Waals surface area contributed by atoms with Gasteiger partial charge in [-0.15, -0.1) is 0 Å². The van der Waals surface area contributed by atoms with Gasteiger partial charge in [-0.05, 0) is 30.6 Å². The van der Waals surface area contributed by atoms with Crippen LogP contribution >= 0.6 is 11.8 Å². The van der Waals surface area contributed by atoms with Gasteiger partial charge in [0, 0.05) is 19.9 Å². The lowest BCUT2D eigenvalue weighted by Crippen LogP contribution is -2.42. The number of aryl methyl sites for hydroxylation is 1. The third-order valence-electron chi connectivity index (χ3n) is 4.08. The summed E-state index contributed by atoms with van der Waals surface area (Å²) in [5, 5.41) is 3.25. The maximum absolute atomic E-state index is 12.4. The molecule has 0 fully saturated rings. The zero-order valence-electron chi connectivity index (χ0n) is 15.2. The van der Waals surface area contributed by atoms with Crippen molar-refractivity contribution in [3.05, 3.63) is 40.4 Å². The van der Waals surface area contributed by atoms with Crippen molar-refractivity contribution in [3.63, 3.8) is 0 Å². The van der Waals surface area contributed by atoms with Crippen LogP contribution in [0.4, 0.5) is 0 Å². The zero-order valence-corrected chi connectivity index (χ0v) is 16.0. The monoisotopic (exact) mass is 377 g/mol. The quantitative estimate of drug-likeness (QED) is 0.697. The van der Waals surface area contributed by atoms with E-state index in [1.165, 1.54) is 11.7 Å². The lowest BCUT2D eigenvalue weighted by Gasteiger charge is -2.16. The largest absolute Gasteiger partial charge is 0.467 e. The first-order valence-corrected chi connectivity index (χ1v) is 9.68. The van der Waals surface area contributed by atoms with E-state index in [1.807, 2.05) is 12.3 Å². The number of ether oxygens (including phenoxy) is 1. The molecule has 140 valence electrons. The summed E-state index contributed by atoms with van der Waals surface area (Å²) in [7, 11) is 2.94. The smallest absolute Gasteiger partial charge is 0.328 e. The summed E-state index contributed by atoms with van der Waals surface area (Å²) < 4.78 is 6.19. The minimum atomic E-state index is -0.659. The molecule has 1 aromatic heterocycles. The summed E-state index contributed by atoms with van der Waals surface area (Å²) in [6, 6.07) is 6.45. The molecule has 0 unspecified atom stereocenters. The van der Waals surface area contributed by atoms with Crippen LogP contribution in [-0.4, -0.2) is 46.6 Å². The molecule has 1 aromatic carbocycles. The molecular formula is C18H23N3O4S. The van der Waals surface area contributed by atoms with Crippen LogP contribution in [0.1, 0.15) is 18.7 Å². The van der Waals surface area contributed by atoms with E-state index in [4.69, 9.17) is 4.74 Å². The number of para-hydroxylation sites is 1. The zero-order chi connectivity index (χ0) is 19.1. The lowest BCUT2D eigenvalue weighted by molar-refractivity contribution is -0.145. The van der Waals surface area contributed by atoms with Gasteiger partial charge in [-0.3, -0.25) is 14.2 Å². The summed E-state index contributed by atoms with van der Waals surface area (Å²) in [4.78, 5) is 40.9. The summed E-state index contributed by atoms with van der Waals surface area (Å²) in [6.07, 6.45) is 2.87. The molecule has 0 saturated heterocycles. The second kappa shape index (κ2) is 9.38. The maximum atomic E-state index is 12.4. The SMILES string of the molecule is COC(=O)[C@H](CCSC)NC(=O)CCc1nc2ccccc2c(=O)n1C. The third-order valence-corrected chi connectivity index (χ3v) is 4.73. The van der Waals surface area contributed by atoms with E-state index in [1.54, 1.807) is 37.0 Å². The number of amides is 1. The summed E-state index contributed by atoms with van der Waals surface area (Å²) in [6.45, 7) is 0. The Labute approximate surface area is 156 Å². The van der Waals surface area contributed by atoms with Gasteiger partial charge in [-0.1, -0.05) is 12.1 Å². The first-order valence-electron chi connectivity index (χ1n) is 8.28. The van der Waals surface area contributed by atoms with Crippen molar-refractivity contribution in [3.8, 4) is 0 Å². The highest BCUT2D eigenvalue weighted by molar-refractivity contribution is 7.98. The van der Waals surface area contributed by atoms with E-state index in [2.05, 4.69) is 10.3 Å². The van der Waals surface area contributed by atoms with Crippen LogP contribution in [0.15, 0.2) is 29.1 Å². The summed E-state index contributed by atoms with van der Waals surface area (Å²) in [5.41, 5.74) is 0.469. The minimum Gasteiger partial charge on any atom is -0.467 e. The van der Waals surface area contributed by atoms with Crippen molar-refractivity contribution in [2.75, 3.05) is 19.1 Å². The van der Waals surface area contributed by atoms with Crippen LogP contribution in [-0.2, 0) is 27.8 Å². The average Bonchev–Trinajstić information content (AvgIpc) is 2.66. The van der Waals surface area contributed by atoms with Gasteiger partial charge in [-0.25, -0.2) is 9.78 Å². The Morgan fingerprint density at radius 1 is 1.35 bits per heavy atom. The molecule has 2 aromatic rings. The Morgan fingerprint density at radius 2 is 2.08 bits per heavy atom. The molecule has 0 aliphatic carbocycles. The van der Waals surface area contributed by atoms with E-state index in [-0.39, 0.29) is 17.9 Å². The molecular weight excluding hydrogens is 354 g/mol. The van der Waals surface area contributed by atoms with Gasteiger partial charge in [0.25, 0.3) is 5.56 Å². The minimum absolute atomic E-state index is 0.130. The fraction of sp³-hybridized carbons (Fsp3) is 0.444. The summed E-state index contributed by atoms with van der Waals surface area (Å²) in [5.74, 6) is 0.538. The van der Waals surface area contributed by atoms with Crippen LogP contribution in [0.5, 0.6) is 0 Å². The predicted octanol–water partition coefficient (Wildman–Crippen LogP) is 1.28. The number of thioether (sulfide) groups is 1. The molecule has 8 heteroatoms. The highest BCUT2D eigenvalue weighted by Crippen LogP contribution is 2.09. The molecule has 1 N–H and O–H groups in total. The third kappa shape index (κ3) is 4.85. The molecule has 0 saturated carbocycles. The maximum Gasteiger partial charge on any atom is 0.328 e. The number of benzene rings is 1. The first-order chi connectivity index (χ1) is 12.5. The van der Waals surface area contributed by atoms with Crippen molar-refractivity contribution < 1.29 is 14.3 Å². The Hall–Kier alpha value is -2.35. The molecule has 1 atom stereocenters. The molecule has 0 aliphatic heterocycles. The van der Waals surface area contributed by atoms with Crippen LogP contribution < -0.4 is 10.9 Å². The normalized spacial score (nSPS) is 12.0. The van der Waals surface area contributed by atoms with Crippen molar-refractivity contribution in [1.29, 1.82) is 0 Å². The number of methoxy groups -OCH3 is 1. The second-order valence-electron chi connectivity index (χ2n) is 5.83. The van der Waals surface area contributed by atoms with E-state index >= 15 is 0 Å². The number of hydrogen-bond donors (Lipinski definition) is 1. The molecule has 1 amide bonds. The highest BCUT2D eigenvalue weighted by atomic mass is 32.2. The van der Waals surface area contributed by atoms with E-state index in [0.717, 1.165) is 5.75 Å². The van der Waals surface area contributed by atoms with Crippen molar-refractivity contribution >= 4 is 34.5 Å². The molecule has 0 aliphatic rings. The number of carbonyl (C=O) groups excluding carboxylic acids is 2. The van der Waals surface area contributed by atoms with Gasteiger partial charge >= 0.3 is 5.97 Å². The number of aromatic nitrogens is 2. The molecule has 2 rings (SSSR count). The Kier molecular flexibility index (Phi) is 7.20. The highest BCUT2D eigenvalue weighted by Gasteiger charge is 2.21. The van der Waals surface area contributed by atoms with Crippen LogP contribution in [0, 0.1) is 0 Å². The standard InChI is InChI=1S/C18H23N3O4S/c1-21-15(19-13-7-5-4-6-12(13)17(21)23)8-9-16(22)20-14(10-11-26-3)18(24)25-2/h4-7,14H,8-11H2,1-3H3,(H,20,22)/t14-/m0/s1. The van der Waals surface area contributed by atoms with Crippen molar-refractivity contribution in [2.45, 2.75) is 25.3 Å². The molecule has 7 nitrogen and oxygen atoms in total. The summed E-state index contributed by atoms with van der Waals surface area (Å²) >= 11 is 1.59. The van der Waals surface area contributed by atoms with Gasteiger partial charge in [0.1, 0.15) is 11.9 Å². The Bertz CT molecular complexity index is 850. The predicted molar refractivity (Wildman–Crippen MR) is 102 cm³/mol. The van der Waals surface area contributed by atoms with Crippen LogP contribution in [0.2, 0.25) is 0 Å². The number of esters is 1.